The Morgan fingerprint density at radius 3 is 2.29 bits per heavy atom. The SMILES string of the molecule is COc1ccc(Nc2cncc(C(=O)Nc3c(C)cccc3C)c2)cc1OC. The van der Waals surface area contributed by atoms with Crippen LogP contribution in [0.15, 0.2) is 54.9 Å². The third-order valence-corrected chi connectivity index (χ3v) is 4.39. The van der Waals surface area contributed by atoms with Crippen LogP contribution in [0, 0.1) is 13.8 Å². The first kappa shape index (κ1) is 19.2. The van der Waals surface area contributed by atoms with Gasteiger partial charge in [-0.2, -0.15) is 0 Å². The van der Waals surface area contributed by atoms with Crippen molar-refractivity contribution >= 4 is 23.0 Å². The minimum atomic E-state index is -0.208. The summed E-state index contributed by atoms with van der Waals surface area (Å²) in [5.41, 5.74) is 4.81. The topological polar surface area (TPSA) is 72.5 Å². The summed E-state index contributed by atoms with van der Waals surface area (Å²) in [6.07, 6.45) is 3.20. The highest BCUT2D eigenvalue weighted by molar-refractivity contribution is 6.05. The van der Waals surface area contributed by atoms with Crippen molar-refractivity contribution < 1.29 is 14.3 Å². The molecule has 6 heteroatoms. The molecule has 144 valence electrons. The highest BCUT2D eigenvalue weighted by Crippen LogP contribution is 2.31. The van der Waals surface area contributed by atoms with Gasteiger partial charge in [-0.25, -0.2) is 0 Å². The van der Waals surface area contributed by atoms with Crippen LogP contribution in [0.25, 0.3) is 0 Å². The molecule has 0 aliphatic carbocycles. The fraction of sp³-hybridized carbons (Fsp3) is 0.182. The summed E-state index contributed by atoms with van der Waals surface area (Å²) in [5, 5.41) is 6.21. The Bertz CT molecular complexity index is 982. The number of amides is 1. The van der Waals surface area contributed by atoms with Crippen LogP contribution < -0.4 is 20.1 Å². The molecule has 1 amide bonds. The van der Waals surface area contributed by atoms with E-state index < -0.39 is 0 Å². The molecule has 28 heavy (non-hydrogen) atoms. The molecule has 0 saturated heterocycles. The van der Waals surface area contributed by atoms with Crippen molar-refractivity contribution in [2.75, 3.05) is 24.9 Å². The summed E-state index contributed by atoms with van der Waals surface area (Å²) in [7, 11) is 3.18. The maximum Gasteiger partial charge on any atom is 0.257 e. The van der Waals surface area contributed by atoms with Crippen LogP contribution >= 0.6 is 0 Å². The first-order valence-corrected chi connectivity index (χ1v) is 8.83. The predicted molar refractivity (Wildman–Crippen MR) is 111 cm³/mol. The number of carbonyl (C=O) groups excluding carboxylic acids is 1. The lowest BCUT2D eigenvalue weighted by atomic mass is 10.1. The number of rotatable bonds is 6. The maximum atomic E-state index is 12.7. The Morgan fingerprint density at radius 1 is 0.893 bits per heavy atom. The molecule has 0 atom stereocenters. The van der Waals surface area contributed by atoms with Crippen LogP contribution in [-0.2, 0) is 0 Å². The number of aryl methyl sites for hydroxylation is 2. The Morgan fingerprint density at radius 2 is 1.61 bits per heavy atom. The third kappa shape index (κ3) is 4.23. The largest absolute Gasteiger partial charge is 0.493 e. The smallest absolute Gasteiger partial charge is 0.257 e. The first-order valence-electron chi connectivity index (χ1n) is 8.83. The van der Waals surface area contributed by atoms with Gasteiger partial charge in [-0.05, 0) is 43.2 Å². The van der Waals surface area contributed by atoms with E-state index in [1.54, 1.807) is 32.7 Å². The van der Waals surface area contributed by atoms with E-state index >= 15 is 0 Å². The Balaban J connectivity index is 1.80. The van der Waals surface area contributed by atoms with E-state index in [1.165, 1.54) is 0 Å². The lowest BCUT2D eigenvalue weighted by molar-refractivity contribution is 0.102. The Kier molecular flexibility index (Phi) is 5.79. The molecule has 3 rings (SSSR count). The molecule has 0 radical (unpaired) electrons. The van der Waals surface area contributed by atoms with Gasteiger partial charge in [-0.1, -0.05) is 18.2 Å². The lowest BCUT2D eigenvalue weighted by Gasteiger charge is -2.13. The summed E-state index contributed by atoms with van der Waals surface area (Å²) < 4.78 is 10.6. The van der Waals surface area contributed by atoms with Crippen LogP contribution in [0.3, 0.4) is 0 Å². The highest BCUT2D eigenvalue weighted by atomic mass is 16.5. The van der Waals surface area contributed by atoms with Crippen molar-refractivity contribution in [3.05, 3.63) is 71.5 Å². The second-order valence-corrected chi connectivity index (χ2v) is 6.38. The van der Waals surface area contributed by atoms with Crippen LogP contribution in [0.4, 0.5) is 17.1 Å². The fourth-order valence-electron chi connectivity index (χ4n) is 2.91. The van der Waals surface area contributed by atoms with Gasteiger partial charge >= 0.3 is 0 Å². The summed E-state index contributed by atoms with van der Waals surface area (Å²) >= 11 is 0. The summed E-state index contributed by atoms with van der Waals surface area (Å²) in [6, 6.07) is 13.2. The van der Waals surface area contributed by atoms with Crippen molar-refractivity contribution in [2.24, 2.45) is 0 Å². The van der Waals surface area contributed by atoms with Gasteiger partial charge in [0.05, 0.1) is 31.7 Å². The number of methoxy groups -OCH3 is 2. The van der Waals surface area contributed by atoms with Crippen LogP contribution in [0.2, 0.25) is 0 Å². The number of carbonyl (C=O) groups is 1. The maximum absolute atomic E-state index is 12.7. The zero-order chi connectivity index (χ0) is 20.1. The van der Waals surface area contributed by atoms with E-state index in [1.807, 2.05) is 50.2 Å². The van der Waals surface area contributed by atoms with Crippen LogP contribution in [0.5, 0.6) is 11.5 Å². The average molecular weight is 377 g/mol. The van der Waals surface area contributed by atoms with E-state index in [2.05, 4.69) is 15.6 Å². The fourth-order valence-corrected chi connectivity index (χ4v) is 2.91. The zero-order valence-electron chi connectivity index (χ0n) is 16.4. The first-order chi connectivity index (χ1) is 13.5. The second-order valence-electron chi connectivity index (χ2n) is 6.38. The van der Waals surface area contributed by atoms with Gasteiger partial charge < -0.3 is 20.1 Å². The standard InChI is InChI=1S/C22H23N3O3/c1-14-6-5-7-15(2)21(14)25-22(26)16-10-18(13-23-12-16)24-17-8-9-19(27-3)20(11-17)28-4/h5-13,24H,1-4H3,(H,25,26). The number of para-hydroxylation sites is 1. The van der Waals surface area contributed by atoms with E-state index in [0.717, 1.165) is 22.5 Å². The molecule has 6 nitrogen and oxygen atoms in total. The molecular weight excluding hydrogens is 354 g/mol. The molecule has 0 bridgehead atoms. The monoisotopic (exact) mass is 377 g/mol. The molecule has 0 fully saturated rings. The van der Waals surface area contributed by atoms with Gasteiger partial charge in [0.1, 0.15) is 0 Å². The molecule has 0 aliphatic heterocycles. The molecule has 2 N–H and O–H groups in total. The van der Waals surface area contributed by atoms with Crippen molar-refractivity contribution in [1.82, 2.24) is 4.98 Å². The Hall–Kier alpha value is -3.54. The number of hydrogen-bond donors (Lipinski definition) is 2. The van der Waals surface area contributed by atoms with Crippen LogP contribution in [-0.4, -0.2) is 25.1 Å². The van der Waals surface area contributed by atoms with E-state index in [0.29, 0.717) is 22.7 Å². The van der Waals surface area contributed by atoms with Gasteiger partial charge in [0.2, 0.25) is 0 Å². The number of nitrogens with one attached hydrogen (secondary N) is 2. The van der Waals surface area contributed by atoms with Crippen molar-refractivity contribution in [2.45, 2.75) is 13.8 Å². The minimum Gasteiger partial charge on any atom is -0.493 e. The lowest BCUT2D eigenvalue weighted by Crippen LogP contribution is -2.14. The summed E-state index contributed by atoms with van der Waals surface area (Å²) in [6.45, 7) is 3.94. The number of anilines is 3. The van der Waals surface area contributed by atoms with E-state index in [9.17, 15) is 4.79 Å². The quantitative estimate of drug-likeness (QED) is 0.651. The molecule has 3 aromatic rings. The molecule has 1 aromatic heterocycles. The van der Waals surface area contributed by atoms with Gasteiger partial charge in [-0.15, -0.1) is 0 Å². The molecule has 0 aliphatic rings. The highest BCUT2D eigenvalue weighted by Gasteiger charge is 2.11. The normalized spacial score (nSPS) is 10.3. The van der Waals surface area contributed by atoms with Crippen molar-refractivity contribution in [3.63, 3.8) is 0 Å². The molecule has 0 saturated carbocycles. The summed E-state index contributed by atoms with van der Waals surface area (Å²) in [4.78, 5) is 16.9. The number of hydrogen-bond acceptors (Lipinski definition) is 5. The van der Waals surface area contributed by atoms with E-state index in [4.69, 9.17) is 9.47 Å². The zero-order valence-corrected chi connectivity index (χ0v) is 16.4. The Labute approximate surface area is 164 Å². The van der Waals surface area contributed by atoms with Gasteiger partial charge in [0.25, 0.3) is 5.91 Å². The number of ether oxygens (including phenoxy) is 2. The van der Waals surface area contributed by atoms with Gasteiger partial charge in [0.15, 0.2) is 11.5 Å². The molecule has 1 heterocycles. The predicted octanol–water partition coefficient (Wildman–Crippen LogP) is 4.71. The van der Waals surface area contributed by atoms with Crippen molar-refractivity contribution in [3.8, 4) is 11.5 Å². The van der Waals surface area contributed by atoms with E-state index in [-0.39, 0.29) is 5.91 Å². The van der Waals surface area contributed by atoms with Gasteiger partial charge in [-0.3, -0.25) is 9.78 Å². The molecule has 2 aromatic carbocycles. The number of nitrogens with zero attached hydrogens (tertiary/aromatic N) is 1. The number of aromatic nitrogens is 1. The minimum absolute atomic E-state index is 0.208. The number of benzene rings is 2. The third-order valence-electron chi connectivity index (χ3n) is 4.39. The second kappa shape index (κ2) is 8.43. The average Bonchev–Trinajstić information content (AvgIpc) is 2.70. The molecule has 0 spiro atoms. The van der Waals surface area contributed by atoms with Crippen molar-refractivity contribution in [1.29, 1.82) is 0 Å². The number of pyridine rings is 1. The van der Waals surface area contributed by atoms with Crippen LogP contribution in [0.1, 0.15) is 21.5 Å². The molecular formula is C22H23N3O3. The van der Waals surface area contributed by atoms with Gasteiger partial charge in [0, 0.05) is 23.6 Å². The summed E-state index contributed by atoms with van der Waals surface area (Å²) in [5.74, 6) is 1.05. The molecule has 0 unspecified atom stereocenters.